The molecule has 1 aromatic heterocycles. The number of nitrogens with zero attached hydrogens (tertiary/aromatic N) is 1. The normalized spacial score (nSPS) is 17.7. The zero-order valence-electron chi connectivity index (χ0n) is 9.09. The number of pyridine rings is 1. The maximum Gasteiger partial charge on any atom is 0.149 e. The number of nitrogen functional groups attached to an aromatic ring is 1. The molecule has 0 spiro atoms. The number of aromatic nitrogens is 1. The van der Waals surface area contributed by atoms with E-state index in [1.807, 2.05) is 19.2 Å². The van der Waals surface area contributed by atoms with Gasteiger partial charge in [0.2, 0.25) is 0 Å². The van der Waals surface area contributed by atoms with Gasteiger partial charge in [-0.25, -0.2) is 4.98 Å². The van der Waals surface area contributed by atoms with Gasteiger partial charge in [0.1, 0.15) is 5.82 Å². The van der Waals surface area contributed by atoms with E-state index in [0.717, 1.165) is 43.0 Å². The first-order chi connectivity index (χ1) is 7.25. The molecule has 0 saturated carbocycles. The minimum Gasteiger partial charge on any atom is -0.396 e. The summed E-state index contributed by atoms with van der Waals surface area (Å²) < 4.78 is 0. The molecule has 4 nitrogen and oxygen atoms in total. The largest absolute Gasteiger partial charge is 0.396 e. The zero-order valence-corrected chi connectivity index (χ0v) is 9.09. The number of piperidine rings is 1. The summed E-state index contributed by atoms with van der Waals surface area (Å²) in [6.07, 6.45) is 4.11. The van der Waals surface area contributed by atoms with E-state index in [2.05, 4.69) is 15.6 Å². The van der Waals surface area contributed by atoms with E-state index in [0.29, 0.717) is 6.04 Å². The Hall–Kier alpha value is -1.29. The number of anilines is 2. The SMILES string of the molecule is Cc1cnc(NC2CCNCC2)c(N)c1. The van der Waals surface area contributed by atoms with Crippen molar-refractivity contribution in [1.29, 1.82) is 0 Å². The van der Waals surface area contributed by atoms with Crippen LogP contribution in [0, 0.1) is 6.92 Å². The third-order valence-electron chi connectivity index (χ3n) is 2.73. The van der Waals surface area contributed by atoms with Crippen LogP contribution in [0.4, 0.5) is 11.5 Å². The summed E-state index contributed by atoms with van der Waals surface area (Å²) in [5.74, 6) is 0.826. The van der Waals surface area contributed by atoms with Crippen LogP contribution >= 0.6 is 0 Å². The van der Waals surface area contributed by atoms with Crippen molar-refractivity contribution in [2.45, 2.75) is 25.8 Å². The van der Waals surface area contributed by atoms with Crippen LogP contribution in [0.1, 0.15) is 18.4 Å². The molecule has 2 heterocycles. The molecule has 0 bridgehead atoms. The summed E-state index contributed by atoms with van der Waals surface area (Å²) in [5.41, 5.74) is 7.74. The van der Waals surface area contributed by atoms with Gasteiger partial charge < -0.3 is 16.4 Å². The first-order valence-corrected chi connectivity index (χ1v) is 5.45. The Bertz CT molecular complexity index is 331. The molecule has 82 valence electrons. The van der Waals surface area contributed by atoms with Crippen molar-refractivity contribution in [3.63, 3.8) is 0 Å². The number of nitrogens with two attached hydrogens (primary N) is 1. The van der Waals surface area contributed by atoms with E-state index in [9.17, 15) is 0 Å². The molecule has 4 heteroatoms. The molecule has 1 saturated heterocycles. The lowest BCUT2D eigenvalue weighted by atomic mass is 10.1. The Labute approximate surface area is 90.3 Å². The fourth-order valence-corrected chi connectivity index (χ4v) is 1.87. The van der Waals surface area contributed by atoms with E-state index < -0.39 is 0 Å². The standard InChI is InChI=1S/C11H18N4/c1-8-6-10(12)11(14-7-8)15-9-2-4-13-5-3-9/h6-7,9,13H,2-5,12H2,1H3,(H,14,15). The third-order valence-corrected chi connectivity index (χ3v) is 2.73. The molecule has 0 unspecified atom stereocenters. The summed E-state index contributed by atoms with van der Waals surface area (Å²) in [6.45, 7) is 4.14. The fourth-order valence-electron chi connectivity index (χ4n) is 1.87. The Morgan fingerprint density at radius 3 is 2.87 bits per heavy atom. The van der Waals surface area contributed by atoms with Gasteiger partial charge in [0.15, 0.2) is 0 Å². The van der Waals surface area contributed by atoms with Crippen molar-refractivity contribution in [2.24, 2.45) is 0 Å². The number of hydrogen-bond acceptors (Lipinski definition) is 4. The molecule has 15 heavy (non-hydrogen) atoms. The monoisotopic (exact) mass is 206 g/mol. The third kappa shape index (κ3) is 2.59. The maximum absolute atomic E-state index is 5.90. The molecular formula is C11H18N4. The van der Waals surface area contributed by atoms with E-state index in [-0.39, 0.29) is 0 Å². The molecule has 0 atom stereocenters. The molecule has 2 rings (SSSR count). The van der Waals surface area contributed by atoms with Crippen LogP contribution in [0.3, 0.4) is 0 Å². The lowest BCUT2D eigenvalue weighted by Gasteiger charge is -2.24. The van der Waals surface area contributed by atoms with Crippen molar-refractivity contribution in [2.75, 3.05) is 24.1 Å². The van der Waals surface area contributed by atoms with Crippen LogP contribution in [0.25, 0.3) is 0 Å². The molecule has 0 radical (unpaired) electrons. The van der Waals surface area contributed by atoms with Gasteiger partial charge >= 0.3 is 0 Å². The topological polar surface area (TPSA) is 63.0 Å². The minimum atomic E-state index is 0.503. The minimum absolute atomic E-state index is 0.503. The number of aryl methyl sites for hydroxylation is 1. The number of rotatable bonds is 2. The van der Waals surface area contributed by atoms with E-state index in [4.69, 9.17) is 5.73 Å². The summed E-state index contributed by atoms with van der Waals surface area (Å²) >= 11 is 0. The molecule has 1 aromatic rings. The maximum atomic E-state index is 5.90. The smallest absolute Gasteiger partial charge is 0.149 e. The molecular weight excluding hydrogens is 188 g/mol. The van der Waals surface area contributed by atoms with Gasteiger partial charge in [-0.05, 0) is 44.5 Å². The van der Waals surface area contributed by atoms with Crippen LogP contribution in [0.15, 0.2) is 12.3 Å². The predicted molar refractivity (Wildman–Crippen MR) is 62.9 cm³/mol. The van der Waals surface area contributed by atoms with Crippen LogP contribution in [-0.2, 0) is 0 Å². The van der Waals surface area contributed by atoms with Gasteiger partial charge in [0.05, 0.1) is 5.69 Å². The second-order valence-electron chi connectivity index (χ2n) is 4.12. The van der Waals surface area contributed by atoms with Crippen LogP contribution in [0.5, 0.6) is 0 Å². The van der Waals surface area contributed by atoms with Crippen molar-refractivity contribution in [3.05, 3.63) is 17.8 Å². The van der Waals surface area contributed by atoms with Gasteiger partial charge in [-0.15, -0.1) is 0 Å². The summed E-state index contributed by atoms with van der Waals surface area (Å²) in [5, 5.41) is 6.73. The van der Waals surface area contributed by atoms with Crippen LogP contribution in [0.2, 0.25) is 0 Å². The first kappa shape index (κ1) is 10.2. The Kier molecular flexibility index (Phi) is 3.06. The number of nitrogens with one attached hydrogen (secondary N) is 2. The molecule has 1 fully saturated rings. The van der Waals surface area contributed by atoms with E-state index in [1.165, 1.54) is 0 Å². The van der Waals surface area contributed by atoms with Gasteiger partial charge in [0.25, 0.3) is 0 Å². The second-order valence-corrected chi connectivity index (χ2v) is 4.12. The molecule has 0 amide bonds. The summed E-state index contributed by atoms with van der Waals surface area (Å²) in [7, 11) is 0. The van der Waals surface area contributed by atoms with Crippen molar-refractivity contribution in [1.82, 2.24) is 10.3 Å². The van der Waals surface area contributed by atoms with Gasteiger partial charge in [-0.3, -0.25) is 0 Å². The molecule has 4 N–H and O–H groups in total. The molecule has 0 aliphatic carbocycles. The predicted octanol–water partition coefficient (Wildman–Crippen LogP) is 1.14. The highest BCUT2D eigenvalue weighted by atomic mass is 15.0. The lowest BCUT2D eigenvalue weighted by molar-refractivity contribution is 0.478. The van der Waals surface area contributed by atoms with Crippen molar-refractivity contribution in [3.8, 4) is 0 Å². The molecule has 1 aliphatic rings. The summed E-state index contributed by atoms with van der Waals surface area (Å²) in [4.78, 5) is 4.32. The quantitative estimate of drug-likeness (QED) is 0.679. The zero-order chi connectivity index (χ0) is 10.7. The van der Waals surface area contributed by atoms with Crippen molar-refractivity contribution < 1.29 is 0 Å². The van der Waals surface area contributed by atoms with E-state index >= 15 is 0 Å². The fraction of sp³-hybridized carbons (Fsp3) is 0.545. The highest BCUT2D eigenvalue weighted by molar-refractivity contribution is 5.62. The van der Waals surface area contributed by atoms with Gasteiger partial charge in [0, 0.05) is 12.2 Å². The Morgan fingerprint density at radius 2 is 2.20 bits per heavy atom. The average Bonchev–Trinajstić information content (AvgIpc) is 2.24. The highest BCUT2D eigenvalue weighted by Gasteiger charge is 2.13. The second kappa shape index (κ2) is 4.49. The molecule has 1 aliphatic heterocycles. The molecule has 0 aromatic carbocycles. The van der Waals surface area contributed by atoms with E-state index in [1.54, 1.807) is 0 Å². The lowest BCUT2D eigenvalue weighted by Crippen LogP contribution is -2.35. The average molecular weight is 206 g/mol. The van der Waals surface area contributed by atoms with Gasteiger partial charge in [-0.2, -0.15) is 0 Å². The Morgan fingerprint density at radius 1 is 1.47 bits per heavy atom. The highest BCUT2D eigenvalue weighted by Crippen LogP contribution is 2.18. The number of hydrogen-bond donors (Lipinski definition) is 3. The van der Waals surface area contributed by atoms with Crippen LogP contribution in [-0.4, -0.2) is 24.1 Å². The Balaban J connectivity index is 2.03. The van der Waals surface area contributed by atoms with Gasteiger partial charge in [-0.1, -0.05) is 0 Å². The first-order valence-electron chi connectivity index (χ1n) is 5.45. The summed E-state index contributed by atoms with van der Waals surface area (Å²) in [6, 6.07) is 2.46. The van der Waals surface area contributed by atoms with Crippen LogP contribution < -0.4 is 16.4 Å². The van der Waals surface area contributed by atoms with Crippen molar-refractivity contribution >= 4 is 11.5 Å².